The van der Waals surface area contributed by atoms with E-state index in [-0.39, 0.29) is 5.75 Å². The molecule has 2 N–H and O–H groups in total. The summed E-state index contributed by atoms with van der Waals surface area (Å²) in [5.74, 6) is -2.24. The lowest BCUT2D eigenvalue weighted by atomic mass is 10.0. The van der Waals surface area contributed by atoms with Gasteiger partial charge in [-0.05, 0) is 30.7 Å². The molecular weight excluding hydrogens is 437 g/mol. The van der Waals surface area contributed by atoms with Crippen LogP contribution < -0.4 is 5.32 Å². The second kappa shape index (κ2) is 9.55. The van der Waals surface area contributed by atoms with Gasteiger partial charge in [0.15, 0.2) is 9.84 Å². The number of halogens is 4. The number of alkyl halides is 3. The van der Waals surface area contributed by atoms with Crippen molar-refractivity contribution < 1.29 is 31.5 Å². The fourth-order valence-corrected chi connectivity index (χ4v) is 3.71. The fraction of sp³-hybridized carbons (Fsp3) is 0.438. The molecule has 0 atom stereocenters. The van der Waals surface area contributed by atoms with E-state index < -0.39 is 22.0 Å². The smallest absolute Gasteiger partial charge is 0.475 e. The van der Waals surface area contributed by atoms with Gasteiger partial charge in [-0.25, -0.2) is 13.2 Å². The Kier molecular flexibility index (Phi) is 7.60. The van der Waals surface area contributed by atoms with Crippen molar-refractivity contribution in [2.24, 2.45) is 0 Å². The van der Waals surface area contributed by atoms with E-state index in [0.29, 0.717) is 28.8 Å². The number of aryl methyl sites for hydroxylation is 1. The minimum absolute atomic E-state index is 0.0782. The number of carbonyl (C=O) groups is 1. The van der Waals surface area contributed by atoms with Gasteiger partial charge in [0.1, 0.15) is 0 Å². The highest BCUT2D eigenvalue weighted by molar-refractivity contribution is 7.91. The number of hydrogen-bond donors (Lipinski definition) is 2. The molecule has 0 aliphatic carbocycles. The first-order valence-corrected chi connectivity index (χ1v) is 10.4. The summed E-state index contributed by atoms with van der Waals surface area (Å²) in [7, 11) is -3.28. The molecule has 0 bridgehead atoms. The van der Waals surface area contributed by atoms with Gasteiger partial charge in [0.25, 0.3) is 0 Å². The maximum absolute atomic E-state index is 12.2. The number of aromatic nitrogens is 3. The number of sulfone groups is 1. The molecule has 0 radical (unpaired) electrons. The van der Waals surface area contributed by atoms with Crippen LogP contribution >= 0.6 is 11.6 Å². The molecule has 13 heteroatoms. The molecule has 0 unspecified atom stereocenters. The molecule has 8 nitrogen and oxygen atoms in total. The molecule has 160 valence electrons. The van der Waals surface area contributed by atoms with Crippen molar-refractivity contribution in [2.75, 3.05) is 18.8 Å². The molecule has 1 aromatic heterocycles. The quantitative estimate of drug-likeness (QED) is 0.687. The Morgan fingerprint density at radius 1 is 1.28 bits per heavy atom. The van der Waals surface area contributed by atoms with E-state index >= 15 is 0 Å². The molecule has 29 heavy (non-hydrogen) atoms. The van der Waals surface area contributed by atoms with E-state index in [0.717, 1.165) is 18.8 Å². The minimum Gasteiger partial charge on any atom is -0.475 e. The number of rotatable bonds is 6. The first-order chi connectivity index (χ1) is 13.5. The number of hydrogen-bond acceptors (Lipinski definition) is 6. The molecule has 1 fully saturated rings. The van der Waals surface area contributed by atoms with Gasteiger partial charge in [0.2, 0.25) is 0 Å². The Hall–Kier alpha value is -2.18. The SMILES string of the molecule is O=C(O)C(F)(F)F.O=S(=O)(CCCn1cc(C2CNC2)nn1)c1ccc(Cl)cc1. The first-order valence-electron chi connectivity index (χ1n) is 8.38. The van der Waals surface area contributed by atoms with Gasteiger partial charge in [-0.3, -0.25) is 4.68 Å². The summed E-state index contributed by atoms with van der Waals surface area (Å²) in [5.41, 5.74) is 0.972. The zero-order valence-corrected chi connectivity index (χ0v) is 16.5. The van der Waals surface area contributed by atoms with Crippen molar-refractivity contribution in [1.82, 2.24) is 20.3 Å². The Bertz CT molecular complexity index is 928. The average molecular weight is 455 g/mol. The Morgan fingerprint density at radius 2 is 1.86 bits per heavy atom. The average Bonchev–Trinajstić information content (AvgIpc) is 3.01. The van der Waals surface area contributed by atoms with Crippen molar-refractivity contribution in [3.63, 3.8) is 0 Å². The normalized spacial score (nSPS) is 14.6. The van der Waals surface area contributed by atoms with E-state index in [9.17, 15) is 21.6 Å². The molecule has 1 aliphatic heterocycles. The Labute approximate surface area is 169 Å². The van der Waals surface area contributed by atoms with Crippen LogP contribution in [-0.2, 0) is 21.2 Å². The number of aliphatic carboxylic acids is 1. The van der Waals surface area contributed by atoms with Crippen molar-refractivity contribution in [3.05, 3.63) is 41.2 Å². The molecule has 0 spiro atoms. The number of nitrogens with one attached hydrogen (secondary N) is 1. The number of carboxylic acids is 1. The summed E-state index contributed by atoms with van der Waals surface area (Å²) in [5, 5.41) is 19.0. The van der Waals surface area contributed by atoms with E-state index in [4.69, 9.17) is 21.5 Å². The van der Waals surface area contributed by atoms with E-state index in [1.165, 1.54) is 12.1 Å². The Balaban J connectivity index is 0.000000370. The zero-order chi connectivity index (χ0) is 21.7. The standard InChI is InChI=1S/C14H17ClN4O2S.C2HF3O2/c15-12-2-4-13(5-3-12)22(20,21)7-1-6-19-10-14(17-18-19)11-8-16-9-11;3-2(4,5)1(6)7/h2-5,10-11,16H,1,6-9H2;(H,6,7). The summed E-state index contributed by atoms with van der Waals surface area (Å²) in [6.07, 6.45) is -2.68. The minimum atomic E-state index is -5.08. The highest BCUT2D eigenvalue weighted by Gasteiger charge is 2.38. The largest absolute Gasteiger partial charge is 0.490 e. The van der Waals surface area contributed by atoms with E-state index in [2.05, 4.69) is 15.6 Å². The fourth-order valence-electron chi connectivity index (χ4n) is 2.28. The van der Waals surface area contributed by atoms with Gasteiger partial charge in [-0.2, -0.15) is 13.2 Å². The molecule has 2 heterocycles. The van der Waals surface area contributed by atoms with Crippen molar-refractivity contribution in [1.29, 1.82) is 0 Å². The van der Waals surface area contributed by atoms with Gasteiger partial charge in [0, 0.05) is 36.8 Å². The number of nitrogens with zero attached hydrogens (tertiary/aromatic N) is 3. The summed E-state index contributed by atoms with van der Waals surface area (Å²) in [6.45, 7) is 2.41. The monoisotopic (exact) mass is 454 g/mol. The van der Waals surface area contributed by atoms with Gasteiger partial charge in [0.05, 0.1) is 16.3 Å². The van der Waals surface area contributed by atoms with Gasteiger partial charge in [-0.15, -0.1) is 5.10 Å². The van der Waals surface area contributed by atoms with Crippen LogP contribution in [0.4, 0.5) is 13.2 Å². The van der Waals surface area contributed by atoms with Crippen LogP contribution in [0, 0.1) is 0 Å². The lowest BCUT2D eigenvalue weighted by molar-refractivity contribution is -0.192. The zero-order valence-electron chi connectivity index (χ0n) is 14.9. The molecule has 2 aromatic rings. The van der Waals surface area contributed by atoms with Crippen LogP contribution in [0.5, 0.6) is 0 Å². The third-order valence-electron chi connectivity index (χ3n) is 3.97. The maximum atomic E-state index is 12.2. The first kappa shape index (κ1) is 23.1. The highest BCUT2D eigenvalue weighted by atomic mass is 35.5. The van der Waals surface area contributed by atoms with E-state index in [1.54, 1.807) is 16.8 Å². The third-order valence-corrected chi connectivity index (χ3v) is 6.04. The molecule has 1 aliphatic rings. The van der Waals surface area contributed by atoms with Crippen LogP contribution in [-0.4, -0.2) is 59.5 Å². The lowest BCUT2D eigenvalue weighted by Crippen LogP contribution is -2.40. The number of carboxylic acid groups (broad SMARTS) is 1. The van der Waals surface area contributed by atoms with Crippen LogP contribution in [0.15, 0.2) is 35.4 Å². The summed E-state index contributed by atoms with van der Waals surface area (Å²) < 4.78 is 57.9. The van der Waals surface area contributed by atoms with Crippen molar-refractivity contribution >= 4 is 27.4 Å². The van der Waals surface area contributed by atoms with Crippen LogP contribution in [0.1, 0.15) is 18.0 Å². The second-order valence-electron chi connectivity index (χ2n) is 6.19. The molecule has 0 amide bonds. The maximum Gasteiger partial charge on any atom is 0.490 e. The van der Waals surface area contributed by atoms with Crippen molar-refractivity contribution in [3.8, 4) is 0 Å². The topological polar surface area (TPSA) is 114 Å². The summed E-state index contributed by atoms with van der Waals surface area (Å²) in [6, 6.07) is 6.25. The molecule has 1 saturated heterocycles. The van der Waals surface area contributed by atoms with Gasteiger partial charge < -0.3 is 10.4 Å². The lowest BCUT2D eigenvalue weighted by Gasteiger charge is -2.24. The van der Waals surface area contributed by atoms with E-state index in [1.807, 2.05) is 6.20 Å². The van der Waals surface area contributed by atoms with Crippen molar-refractivity contribution in [2.45, 2.75) is 30.0 Å². The highest BCUT2D eigenvalue weighted by Crippen LogP contribution is 2.18. The molecule has 3 rings (SSSR count). The molecule has 0 saturated carbocycles. The van der Waals surface area contributed by atoms with Gasteiger partial charge >= 0.3 is 12.1 Å². The number of benzene rings is 1. The van der Waals surface area contributed by atoms with Crippen LogP contribution in [0.3, 0.4) is 0 Å². The molecular formula is C16H18ClF3N4O4S. The van der Waals surface area contributed by atoms with Crippen LogP contribution in [0.2, 0.25) is 5.02 Å². The third kappa shape index (κ3) is 6.98. The molecule has 1 aromatic carbocycles. The second-order valence-corrected chi connectivity index (χ2v) is 8.74. The predicted molar refractivity (Wildman–Crippen MR) is 97.4 cm³/mol. The van der Waals surface area contributed by atoms with Gasteiger partial charge in [-0.1, -0.05) is 16.8 Å². The van der Waals surface area contributed by atoms with Crippen LogP contribution in [0.25, 0.3) is 0 Å². The summed E-state index contributed by atoms with van der Waals surface area (Å²) in [4.78, 5) is 9.20. The predicted octanol–water partition coefficient (Wildman–Crippen LogP) is 2.12. The summed E-state index contributed by atoms with van der Waals surface area (Å²) >= 11 is 5.77. The Morgan fingerprint density at radius 3 is 2.34 bits per heavy atom.